The van der Waals surface area contributed by atoms with Crippen LogP contribution in [0.5, 0.6) is 0 Å². The van der Waals surface area contributed by atoms with E-state index in [9.17, 15) is 4.57 Å². The quantitative estimate of drug-likeness (QED) is 0.296. The molecule has 0 fully saturated rings. The van der Waals surface area contributed by atoms with Crippen molar-refractivity contribution >= 4 is 7.82 Å². The number of hydroxylamine groups is 1. The molecule has 0 amide bonds. The van der Waals surface area contributed by atoms with E-state index in [-0.39, 0.29) is 13.0 Å². The molecule has 7 heteroatoms. The van der Waals surface area contributed by atoms with Crippen molar-refractivity contribution in [1.82, 2.24) is 5.48 Å². The number of rotatable bonds is 4. The first kappa shape index (κ1) is 9.56. The Hall–Kier alpha value is -0.440. The van der Waals surface area contributed by atoms with E-state index in [1.54, 1.807) is 6.07 Å². The summed E-state index contributed by atoms with van der Waals surface area (Å²) in [7, 11) is -4.43. The minimum atomic E-state index is -4.43. The molecule has 0 heterocycles. The molecule has 0 aromatic rings. The first-order chi connectivity index (χ1) is 4.56. The van der Waals surface area contributed by atoms with Gasteiger partial charge in [0, 0.05) is 13.0 Å². The molecule has 0 aliphatic heterocycles. The average Bonchev–Trinajstić information content (AvgIpc) is 1.78. The molecule has 0 aromatic heterocycles. The Bertz CT molecular complexity index is 170. The second-order valence-electron chi connectivity index (χ2n) is 1.38. The van der Waals surface area contributed by atoms with Crippen LogP contribution in [0.25, 0.3) is 0 Å². The van der Waals surface area contributed by atoms with Crippen LogP contribution in [0.2, 0.25) is 0 Å². The summed E-state index contributed by atoms with van der Waals surface area (Å²) in [6.07, 6.45) is 0.139. The summed E-state index contributed by atoms with van der Waals surface area (Å²) in [5.74, 6) is 0. The van der Waals surface area contributed by atoms with Gasteiger partial charge in [0.1, 0.15) is 0 Å². The van der Waals surface area contributed by atoms with Gasteiger partial charge in [0.15, 0.2) is 0 Å². The third kappa shape index (κ3) is 7.56. The molecule has 0 rings (SSSR count). The molecule has 0 bridgehead atoms. The lowest BCUT2D eigenvalue weighted by Gasteiger charge is -2.02. The van der Waals surface area contributed by atoms with Crippen molar-refractivity contribution < 1.29 is 19.0 Å². The summed E-state index contributed by atoms with van der Waals surface area (Å²) in [5.41, 5.74) is 1.94. The Morgan fingerprint density at radius 1 is 1.70 bits per heavy atom. The summed E-state index contributed by atoms with van der Waals surface area (Å²) in [6, 6.07) is 1.76. The van der Waals surface area contributed by atoms with E-state index in [2.05, 4.69) is 4.62 Å². The average molecular weight is 166 g/mol. The van der Waals surface area contributed by atoms with E-state index < -0.39 is 7.82 Å². The molecule has 0 atom stereocenters. The second-order valence-corrected chi connectivity index (χ2v) is 2.55. The number of hydrogen-bond donors (Lipinski definition) is 3. The summed E-state index contributed by atoms with van der Waals surface area (Å²) in [4.78, 5) is 16.1. The molecule has 0 aromatic carbocycles. The third-order valence-electron chi connectivity index (χ3n) is 0.522. The minimum absolute atomic E-state index is 0.0988. The van der Waals surface area contributed by atoms with Crippen molar-refractivity contribution in [2.45, 2.75) is 6.42 Å². The molecule has 0 aliphatic carbocycles. The summed E-state index contributed by atoms with van der Waals surface area (Å²) < 4.78 is 13.7. The molecule has 0 spiro atoms. The van der Waals surface area contributed by atoms with Crippen molar-refractivity contribution in [1.29, 1.82) is 5.26 Å². The monoisotopic (exact) mass is 166 g/mol. The predicted molar refractivity (Wildman–Crippen MR) is 31.4 cm³/mol. The van der Waals surface area contributed by atoms with Gasteiger partial charge in [-0.1, -0.05) is 0 Å². The topological polar surface area (TPSA) is 103 Å². The summed E-state index contributed by atoms with van der Waals surface area (Å²) >= 11 is 0. The third-order valence-corrected chi connectivity index (χ3v) is 0.889. The Kier molecular flexibility index (Phi) is 4.19. The van der Waals surface area contributed by atoms with Crippen molar-refractivity contribution in [3.63, 3.8) is 0 Å². The SMILES string of the molecule is N#CCCNOP(=O)(O)O. The van der Waals surface area contributed by atoms with Gasteiger partial charge < -0.3 is 9.79 Å². The van der Waals surface area contributed by atoms with Crippen LogP contribution in [0.4, 0.5) is 0 Å². The smallest absolute Gasteiger partial charge is 0.302 e. The zero-order chi connectivity index (χ0) is 8.04. The predicted octanol–water partition coefficient (Wildman–Crippen LogP) is -0.486. The standard InChI is InChI=1S/C3H7N2O4P/c4-2-1-3-5-9-10(6,7)8/h5H,1,3H2,(H2,6,7,8). The van der Waals surface area contributed by atoms with Crippen LogP contribution in [0, 0.1) is 11.3 Å². The molecular weight excluding hydrogens is 159 g/mol. The Morgan fingerprint density at radius 2 is 2.30 bits per heavy atom. The molecule has 10 heavy (non-hydrogen) atoms. The highest BCUT2D eigenvalue weighted by atomic mass is 31.2. The van der Waals surface area contributed by atoms with Crippen molar-refractivity contribution in [3.05, 3.63) is 0 Å². The Morgan fingerprint density at radius 3 is 2.70 bits per heavy atom. The van der Waals surface area contributed by atoms with Crippen LogP contribution >= 0.6 is 7.82 Å². The fourth-order valence-corrected chi connectivity index (χ4v) is 0.496. The van der Waals surface area contributed by atoms with Gasteiger partial charge in [-0.15, -0.1) is 0 Å². The maximum absolute atomic E-state index is 9.92. The Labute approximate surface area is 57.6 Å². The number of nitrogens with zero attached hydrogens (tertiary/aromatic N) is 1. The lowest BCUT2D eigenvalue weighted by molar-refractivity contribution is 0.126. The summed E-state index contributed by atoms with van der Waals surface area (Å²) in [5, 5.41) is 7.96. The van der Waals surface area contributed by atoms with Crippen LogP contribution < -0.4 is 5.48 Å². The highest BCUT2D eigenvalue weighted by Gasteiger charge is 2.12. The van der Waals surface area contributed by atoms with Gasteiger partial charge in [-0.25, -0.2) is 4.57 Å². The maximum Gasteiger partial charge on any atom is 0.486 e. The highest BCUT2D eigenvalue weighted by Crippen LogP contribution is 2.33. The zero-order valence-corrected chi connectivity index (χ0v) is 5.91. The minimum Gasteiger partial charge on any atom is -0.302 e. The number of nitrogens with one attached hydrogen (secondary N) is 1. The molecule has 0 aliphatic rings. The fraction of sp³-hybridized carbons (Fsp3) is 0.667. The largest absolute Gasteiger partial charge is 0.486 e. The lowest BCUT2D eigenvalue weighted by atomic mass is 10.5. The maximum atomic E-state index is 9.92. The number of nitriles is 1. The van der Waals surface area contributed by atoms with Gasteiger partial charge in [0.05, 0.1) is 6.07 Å². The lowest BCUT2D eigenvalue weighted by Crippen LogP contribution is -2.13. The van der Waals surface area contributed by atoms with E-state index in [1.807, 2.05) is 5.48 Å². The zero-order valence-electron chi connectivity index (χ0n) is 5.02. The van der Waals surface area contributed by atoms with Gasteiger partial charge in [-0.2, -0.15) is 15.4 Å². The molecule has 58 valence electrons. The van der Waals surface area contributed by atoms with E-state index >= 15 is 0 Å². The molecule has 3 N–H and O–H groups in total. The Balaban J connectivity index is 3.23. The van der Waals surface area contributed by atoms with E-state index in [0.29, 0.717) is 0 Å². The molecule has 0 radical (unpaired) electrons. The summed E-state index contributed by atoms with van der Waals surface area (Å²) in [6.45, 7) is 0.0988. The van der Waals surface area contributed by atoms with Crippen LogP contribution in [0.15, 0.2) is 0 Å². The van der Waals surface area contributed by atoms with E-state index in [1.165, 1.54) is 0 Å². The number of phosphoric acid groups is 1. The van der Waals surface area contributed by atoms with Gasteiger partial charge in [0.2, 0.25) is 0 Å². The van der Waals surface area contributed by atoms with Crippen LogP contribution in [0.1, 0.15) is 6.42 Å². The molecule has 0 saturated carbocycles. The molecule has 0 saturated heterocycles. The molecule has 6 nitrogen and oxygen atoms in total. The second kappa shape index (κ2) is 4.39. The normalized spacial score (nSPS) is 10.9. The highest BCUT2D eigenvalue weighted by molar-refractivity contribution is 7.46. The van der Waals surface area contributed by atoms with Crippen molar-refractivity contribution in [2.24, 2.45) is 0 Å². The van der Waals surface area contributed by atoms with Crippen molar-refractivity contribution in [3.8, 4) is 6.07 Å². The van der Waals surface area contributed by atoms with Gasteiger partial charge >= 0.3 is 7.82 Å². The van der Waals surface area contributed by atoms with E-state index in [0.717, 1.165) is 0 Å². The molecular formula is C3H7N2O4P. The van der Waals surface area contributed by atoms with Crippen LogP contribution in [0.3, 0.4) is 0 Å². The molecule has 0 unspecified atom stereocenters. The van der Waals surface area contributed by atoms with Crippen molar-refractivity contribution in [2.75, 3.05) is 6.54 Å². The number of hydrogen-bond acceptors (Lipinski definition) is 4. The van der Waals surface area contributed by atoms with Gasteiger partial charge in [0.25, 0.3) is 0 Å². The first-order valence-electron chi connectivity index (χ1n) is 2.40. The fourth-order valence-electron chi connectivity index (χ4n) is 0.237. The van der Waals surface area contributed by atoms with E-state index in [4.69, 9.17) is 15.0 Å². The first-order valence-corrected chi connectivity index (χ1v) is 3.93. The van der Waals surface area contributed by atoms with Gasteiger partial charge in [-0.05, 0) is 0 Å². The van der Waals surface area contributed by atoms with Crippen LogP contribution in [-0.4, -0.2) is 16.3 Å². The van der Waals surface area contributed by atoms with Gasteiger partial charge in [-0.3, -0.25) is 0 Å². The van der Waals surface area contributed by atoms with Crippen LogP contribution in [-0.2, 0) is 9.19 Å².